The van der Waals surface area contributed by atoms with Gasteiger partial charge in [-0.2, -0.15) is 0 Å². The molecular formula is C38H40N2O12. The van der Waals surface area contributed by atoms with Gasteiger partial charge in [-0.3, -0.25) is 9.59 Å². The summed E-state index contributed by atoms with van der Waals surface area (Å²) in [6, 6.07) is 20.1. The maximum atomic E-state index is 15.2. The number of benzene rings is 4. The normalized spacial score (nSPS) is 17.1. The molecule has 52 heavy (non-hydrogen) atoms. The Morgan fingerprint density at radius 2 is 1.40 bits per heavy atom. The Bertz CT molecular complexity index is 1890. The highest BCUT2D eigenvalue weighted by atomic mass is 16.7. The Labute approximate surface area is 300 Å². The van der Waals surface area contributed by atoms with Crippen molar-refractivity contribution in [3.8, 4) is 23.0 Å². The fourth-order valence-electron chi connectivity index (χ4n) is 6.12. The second-order valence-corrected chi connectivity index (χ2v) is 11.8. The number of ether oxygens (including phenoxy) is 7. The molecule has 1 heterocycles. The number of methoxy groups -OCH3 is 4. The fourth-order valence-corrected chi connectivity index (χ4v) is 6.12. The first-order chi connectivity index (χ1) is 25.1. The Hall–Kier alpha value is -5.86. The van der Waals surface area contributed by atoms with E-state index in [2.05, 4.69) is 5.32 Å². The summed E-state index contributed by atoms with van der Waals surface area (Å²) < 4.78 is 38.9. The molecule has 0 aliphatic carbocycles. The molecule has 14 heteroatoms. The first-order valence-electron chi connectivity index (χ1n) is 16.3. The predicted molar refractivity (Wildman–Crippen MR) is 188 cm³/mol. The molecule has 2 N–H and O–H groups in total. The van der Waals surface area contributed by atoms with Crippen molar-refractivity contribution >= 4 is 34.5 Å². The molecule has 14 nitrogen and oxygen atoms in total. The van der Waals surface area contributed by atoms with Crippen molar-refractivity contribution < 1.29 is 57.4 Å². The van der Waals surface area contributed by atoms with Gasteiger partial charge in [-0.25, -0.2) is 9.59 Å². The number of carbonyl (C=O) groups is 4. The van der Waals surface area contributed by atoms with Crippen LogP contribution >= 0.6 is 0 Å². The van der Waals surface area contributed by atoms with Gasteiger partial charge in [0, 0.05) is 32.9 Å². The van der Waals surface area contributed by atoms with Gasteiger partial charge >= 0.3 is 12.1 Å². The maximum absolute atomic E-state index is 15.2. The Balaban J connectivity index is 1.68. The van der Waals surface area contributed by atoms with Crippen molar-refractivity contribution in [3.63, 3.8) is 0 Å². The van der Waals surface area contributed by atoms with Crippen LogP contribution in [0.3, 0.4) is 0 Å². The molecule has 0 aromatic heterocycles. The predicted octanol–water partition coefficient (Wildman–Crippen LogP) is 5.17. The standard InChI is InChI=1S/C38H40N2O12/c1-46-22-50-29-18-26-14-9-8-13-25(26)17-28(29)34(41)38(52-36(43)24-11-6-5-7-12-24)15-10-16-40(37(44)45)21-32(38)39-35(42)27-19-30(48-3)33(51-23-47-2)31(20-27)49-4/h5-9,11-14,17-20,32H,10,15-16,21-23H2,1-4H3,(H,39,42)(H,44,45)/t32-,38-/m1/s1. The molecule has 4 aromatic rings. The smallest absolute Gasteiger partial charge is 0.407 e. The number of esters is 1. The van der Waals surface area contributed by atoms with Gasteiger partial charge in [0.05, 0.1) is 31.4 Å². The quantitative estimate of drug-likeness (QED) is 0.0999. The fraction of sp³-hybridized carbons (Fsp3) is 0.316. The number of hydrogen-bond donors (Lipinski definition) is 2. The van der Waals surface area contributed by atoms with E-state index in [4.69, 9.17) is 33.2 Å². The summed E-state index contributed by atoms with van der Waals surface area (Å²) in [7, 11) is 5.64. The zero-order valence-corrected chi connectivity index (χ0v) is 29.2. The molecular weight excluding hydrogens is 676 g/mol. The van der Waals surface area contributed by atoms with Crippen LogP contribution in [-0.4, -0.2) is 101 Å². The lowest BCUT2D eigenvalue weighted by molar-refractivity contribution is -0.0274. The minimum atomic E-state index is -2.13. The average Bonchev–Trinajstić information content (AvgIpc) is 3.35. The highest BCUT2D eigenvalue weighted by Gasteiger charge is 2.53. The van der Waals surface area contributed by atoms with Gasteiger partial charge in [0.1, 0.15) is 5.75 Å². The number of likely N-dealkylation sites (tertiary alicyclic amines) is 1. The molecule has 0 unspecified atom stereocenters. The van der Waals surface area contributed by atoms with Crippen LogP contribution < -0.4 is 24.3 Å². The minimum absolute atomic E-state index is 0.00243. The number of ketones is 1. The lowest BCUT2D eigenvalue weighted by Crippen LogP contribution is -2.62. The summed E-state index contributed by atoms with van der Waals surface area (Å²) in [4.78, 5) is 56.9. The summed E-state index contributed by atoms with van der Waals surface area (Å²) >= 11 is 0. The third-order valence-electron chi connectivity index (χ3n) is 8.66. The van der Waals surface area contributed by atoms with Crippen LogP contribution in [0.25, 0.3) is 10.8 Å². The summed E-state index contributed by atoms with van der Waals surface area (Å²) in [5.41, 5.74) is -1.91. The summed E-state index contributed by atoms with van der Waals surface area (Å²) in [6.07, 6.45) is -1.32. The van der Waals surface area contributed by atoms with Crippen molar-refractivity contribution in [3.05, 3.63) is 95.6 Å². The molecule has 274 valence electrons. The van der Waals surface area contributed by atoms with Gasteiger partial charge in [-0.05, 0) is 60.0 Å². The zero-order valence-electron chi connectivity index (χ0n) is 29.2. The Morgan fingerprint density at radius 3 is 2.02 bits per heavy atom. The highest BCUT2D eigenvalue weighted by molar-refractivity contribution is 6.10. The first kappa shape index (κ1) is 37.4. The molecule has 1 aliphatic heterocycles. The zero-order chi connectivity index (χ0) is 37.3. The number of nitrogens with one attached hydrogen (secondary N) is 1. The molecule has 1 fully saturated rings. The minimum Gasteiger partial charge on any atom is -0.493 e. The molecule has 1 saturated heterocycles. The number of nitrogens with zero attached hydrogens (tertiary/aromatic N) is 1. The second-order valence-electron chi connectivity index (χ2n) is 11.8. The molecule has 0 bridgehead atoms. The second kappa shape index (κ2) is 16.9. The van der Waals surface area contributed by atoms with E-state index in [1.807, 2.05) is 24.3 Å². The summed E-state index contributed by atoms with van der Waals surface area (Å²) in [5, 5.41) is 14.4. The number of hydrogen-bond acceptors (Lipinski definition) is 11. The summed E-state index contributed by atoms with van der Waals surface area (Å²) in [5.74, 6) is -1.69. The van der Waals surface area contributed by atoms with Gasteiger partial charge in [-0.15, -0.1) is 0 Å². The van der Waals surface area contributed by atoms with E-state index in [9.17, 15) is 19.5 Å². The Morgan fingerprint density at radius 1 is 0.788 bits per heavy atom. The van der Waals surface area contributed by atoms with Crippen molar-refractivity contribution in [2.75, 3.05) is 55.1 Å². The molecule has 4 aromatic carbocycles. The van der Waals surface area contributed by atoms with Gasteiger partial charge in [0.25, 0.3) is 5.91 Å². The van der Waals surface area contributed by atoms with Crippen LogP contribution in [0.2, 0.25) is 0 Å². The molecule has 0 saturated carbocycles. The van der Waals surface area contributed by atoms with Crippen molar-refractivity contribution in [1.82, 2.24) is 10.2 Å². The van der Waals surface area contributed by atoms with Crippen LogP contribution in [0.5, 0.6) is 23.0 Å². The number of carbonyl (C=O) groups excluding carboxylic acids is 3. The topological polar surface area (TPSA) is 168 Å². The average molecular weight is 717 g/mol. The van der Waals surface area contributed by atoms with E-state index >= 15 is 4.79 Å². The van der Waals surface area contributed by atoms with E-state index in [1.165, 1.54) is 52.7 Å². The first-order valence-corrected chi connectivity index (χ1v) is 16.3. The number of Topliss-reactive ketones (excluding diaryl/α,β-unsaturated/α-hetero) is 1. The number of amides is 2. The monoisotopic (exact) mass is 716 g/mol. The number of rotatable bonds is 14. The van der Waals surface area contributed by atoms with E-state index in [1.54, 1.807) is 30.3 Å². The van der Waals surface area contributed by atoms with Gasteiger partial charge in [0.15, 0.2) is 30.7 Å². The third-order valence-corrected chi connectivity index (χ3v) is 8.66. The lowest BCUT2D eigenvalue weighted by Gasteiger charge is -2.39. The van der Waals surface area contributed by atoms with E-state index in [0.29, 0.717) is 5.39 Å². The number of fused-ring (bicyclic) bond motifs is 1. The highest BCUT2D eigenvalue weighted by Crippen LogP contribution is 2.40. The lowest BCUT2D eigenvalue weighted by atomic mass is 9.81. The van der Waals surface area contributed by atoms with Crippen LogP contribution in [0.15, 0.2) is 78.9 Å². The SMILES string of the molecule is COCOc1cc2ccccc2cc1C(=O)[C@@]1(OC(=O)c2ccccc2)CCCN(C(=O)O)C[C@H]1NC(=O)c1cc(OC)c(OCOC)c(OC)c1. The van der Waals surface area contributed by atoms with Crippen molar-refractivity contribution in [2.45, 2.75) is 24.5 Å². The van der Waals surface area contributed by atoms with Crippen LogP contribution in [-0.2, 0) is 14.2 Å². The van der Waals surface area contributed by atoms with Gasteiger partial charge in [0.2, 0.25) is 11.5 Å². The summed E-state index contributed by atoms with van der Waals surface area (Å²) in [6.45, 7) is -0.735. The molecule has 5 rings (SSSR count). The molecule has 2 amide bonds. The molecule has 0 spiro atoms. The van der Waals surface area contributed by atoms with Crippen molar-refractivity contribution in [2.24, 2.45) is 0 Å². The molecule has 2 atom stereocenters. The van der Waals surface area contributed by atoms with Crippen molar-refractivity contribution in [1.29, 1.82) is 0 Å². The Kier molecular flexibility index (Phi) is 12.2. The maximum Gasteiger partial charge on any atom is 0.407 e. The molecule has 0 radical (unpaired) electrons. The van der Waals surface area contributed by atoms with E-state index in [-0.39, 0.29) is 72.7 Å². The van der Waals surface area contributed by atoms with Crippen LogP contribution in [0.1, 0.15) is 43.9 Å². The van der Waals surface area contributed by atoms with Crippen LogP contribution in [0, 0.1) is 0 Å². The van der Waals surface area contributed by atoms with Crippen LogP contribution in [0.4, 0.5) is 4.79 Å². The largest absolute Gasteiger partial charge is 0.493 e. The third kappa shape index (κ3) is 8.03. The number of carboxylic acid groups (broad SMARTS) is 1. The van der Waals surface area contributed by atoms with Gasteiger partial charge in [-0.1, -0.05) is 42.5 Å². The van der Waals surface area contributed by atoms with Gasteiger partial charge < -0.3 is 48.5 Å². The molecule has 1 aliphatic rings. The van der Waals surface area contributed by atoms with E-state index < -0.39 is 41.9 Å². The van der Waals surface area contributed by atoms with E-state index in [0.717, 1.165) is 10.3 Å².